The van der Waals surface area contributed by atoms with Gasteiger partial charge in [0, 0.05) is 66.6 Å². The molecule has 4 aromatic rings. The summed E-state index contributed by atoms with van der Waals surface area (Å²) < 4.78 is 0. The molecule has 0 spiro atoms. The molecule has 0 heterocycles. The average molecular weight is 765 g/mol. The minimum atomic E-state index is -0.578. The molecule has 8 N–H and O–H groups in total. The van der Waals surface area contributed by atoms with Gasteiger partial charge in [-0.05, 0) is 53.6 Å². The molecule has 0 aromatic heterocycles. The van der Waals surface area contributed by atoms with Crippen LogP contribution in [0.1, 0.15) is 48.9 Å². The lowest BCUT2D eigenvalue weighted by molar-refractivity contribution is 0.0975. The van der Waals surface area contributed by atoms with Crippen LogP contribution in [0, 0.1) is 0 Å². The van der Waals surface area contributed by atoms with E-state index in [0.717, 1.165) is 11.1 Å². The maximum absolute atomic E-state index is 13.4. The molecule has 14 heteroatoms. The molecule has 0 saturated carbocycles. The Hall–Kier alpha value is -3.58. The Kier molecular flexibility index (Phi) is 15.0. The second kappa shape index (κ2) is 19.1. The molecule has 266 valence electrons. The van der Waals surface area contributed by atoms with Gasteiger partial charge in [-0.25, -0.2) is 0 Å². The standard InChI is InChI=1S/C22H28N4O6.C14H10Cl4/c27-11-9-23-5-7-25-13-1-2-14(26-8-6-24-10-12-28)18-17(13)21(31)19-15(29)3-4-16(30)20(19)22(18)32;15-10-7-5-9(6-8-10)13(14(17)18)11-3-1-2-4-12(11)16/h1-4,23-30H,5-12H2;1-8,13-14H. The lowest BCUT2D eigenvalue weighted by Gasteiger charge is -2.25. The molecule has 0 saturated heterocycles. The van der Waals surface area contributed by atoms with Gasteiger partial charge in [0.25, 0.3) is 0 Å². The molecule has 4 aromatic carbocycles. The van der Waals surface area contributed by atoms with Crippen LogP contribution in [0.4, 0.5) is 11.4 Å². The molecular weight excluding hydrogens is 726 g/mol. The first kappa shape index (κ1) is 39.2. The van der Waals surface area contributed by atoms with Crippen LogP contribution in [0.25, 0.3) is 0 Å². The maximum atomic E-state index is 13.4. The first-order chi connectivity index (χ1) is 24.1. The van der Waals surface area contributed by atoms with Gasteiger partial charge < -0.3 is 41.7 Å². The SMILES string of the molecule is Clc1ccc(C(c2ccccc2Cl)C(Cl)Cl)cc1.O=C1c2c(O)ccc(O)c2C(=O)c2c(NCCNCCO)ccc(NCCNCCO)c21. The molecule has 10 nitrogen and oxygen atoms in total. The van der Waals surface area contributed by atoms with Crippen molar-refractivity contribution in [1.82, 2.24) is 10.6 Å². The summed E-state index contributed by atoms with van der Waals surface area (Å²) in [5.74, 6) is -2.03. The highest BCUT2D eigenvalue weighted by Gasteiger charge is 2.38. The van der Waals surface area contributed by atoms with E-state index < -0.39 is 16.4 Å². The summed E-state index contributed by atoms with van der Waals surface area (Å²) in [4.78, 5) is 26.2. The molecule has 1 aliphatic carbocycles. The van der Waals surface area contributed by atoms with E-state index in [4.69, 9.17) is 56.6 Å². The van der Waals surface area contributed by atoms with Crippen molar-refractivity contribution >= 4 is 69.3 Å². The van der Waals surface area contributed by atoms with Gasteiger partial charge in [-0.1, -0.05) is 53.5 Å². The molecule has 0 amide bonds. The van der Waals surface area contributed by atoms with Crippen LogP contribution in [-0.4, -0.2) is 89.3 Å². The number of carbonyl (C=O) groups is 2. The Morgan fingerprint density at radius 1 is 0.580 bits per heavy atom. The number of phenols is 2. The molecule has 50 heavy (non-hydrogen) atoms. The number of aliphatic hydroxyl groups excluding tert-OH is 2. The quantitative estimate of drug-likeness (QED) is 0.0372. The summed E-state index contributed by atoms with van der Waals surface area (Å²) in [6.07, 6.45) is 0. The van der Waals surface area contributed by atoms with Gasteiger partial charge in [0.05, 0.1) is 35.5 Å². The van der Waals surface area contributed by atoms with Crippen molar-refractivity contribution in [1.29, 1.82) is 0 Å². The zero-order valence-corrected chi connectivity index (χ0v) is 29.9. The van der Waals surface area contributed by atoms with E-state index in [1.54, 1.807) is 12.1 Å². The molecule has 0 bridgehead atoms. The number of aliphatic hydroxyl groups is 2. The van der Waals surface area contributed by atoms with Gasteiger partial charge in [0.2, 0.25) is 11.6 Å². The molecule has 5 rings (SSSR count). The second-order valence-corrected chi connectivity index (χ2v) is 13.1. The van der Waals surface area contributed by atoms with E-state index in [0.29, 0.717) is 60.7 Å². The fraction of sp³-hybridized carbons (Fsp3) is 0.278. The normalized spacial score (nSPS) is 12.5. The summed E-state index contributed by atoms with van der Waals surface area (Å²) >= 11 is 24.3. The van der Waals surface area contributed by atoms with Crippen molar-refractivity contribution in [3.63, 3.8) is 0 Å². The molecule has 1 unspecified atom stereocenters. The first-order valence-electron chi connectivity index (χ1n) is 15.8. The number of carbonyl (C=O) groups excluding carboxylic acids is 2. The number of anilines is 2. The molecule has 1 atom stereocenters. The van der Waals surface area contributed by atoms with Crippen LogP contribution in [0.5, 0.6) is 11.5 Å². The maximum Gasteiger partial charge on any atom is 0.200 e. The zero-order valence-electron chi connectivity index (χ0n) is 26.9. The topological polar surface area (TPSA) is 163 Å². The number of hydrogen-bond donors (Lipinski definition) is 8. The van der Waals surface area contributed by atoms with Crippen molar-refractivity contribution in [2.24, 2.45) is 0 Å². The Labute approximate surface area is 310 Å². The first-order valence-corrected chi connectivity index (χ1v) is 17.4. The van der Waals surface area contributed by atoms with Gasteiger partial charge >= 0.3 is 0 Å². The highest BCUT2D eigenvalue weighted by atomic mass is 35.5. The van der Waals surface area contributed by atoms with E-state index >= 15 is 0 Å². The van der Waals surface area contributed by atoms with E-state index in [2.05, 4.69) is 21.3 Å². The number of alkyl halides is 2. The number of ketones is 2. The van der Waals surface area contributed by atoms with Gasteiger partial charge in [-0.2, -0.15) is 0 Å². The molecule has 0 fully saturated rings. The third-order valence-corrected chi connectivity index (χ3v) is 8.91. The van der Waals surface area contributed by atoms with E-state index in [-0.39, 0.29) is 52.9 Å². The number of hydrogen-bond acceptors (Lipinski definition) is 10. The fourth-order valence-electron chi connectivity index (χ4n) is 5.50. The highest BCUT2D eigenvalue weighted by molar-refractivity contribution is 6.45. The summed E-state index contributed by atoms with van der Waals surface area (Å²) in [6.45, 7) is 2.81. The predicted octanol–water partition coefficient (Wildman–Crippen LogP) is 5.79. The Morgan fingerprint density at radius 3 is 1.50 bits per heavy atom. The van der Waals surface area contributed by atoms with Crippen LogP contribution in [-0.2, 0) is 0 Å². The van der Waals surface area contributed by atoms with Gasteiger partial charge in [-0.3, -0.25) is 9.59 Å². The van der Waals surface area contributed by atoms with Crippen LogP contribution < -0.4 is 21.3 Å². The van der Waals surface area contributed by atoms with Gasteiger partial charge in [-0.15, -0.1) is 23.2 Å². The number of phenolic OH excluding ortho intramolecular Hbond substituents is 2. The van der Waals surface area contributed by atoms with Crippen molar-refractivity contribution in [3.8, 4) is 11.5 Å². The number of halogens is 4. The number of benzene rings is 4. The van der Waals surface area contributed by atoms with E-state index in [1.165, 1.54) is 12.1 Å². The third-order valence-electron chi connectivity index (χ3n) is 7.81. The lowest BCUT2D eigenvalue weighted by Crippen LogP contribution is -2.28. The predicted molar refractivity (Wildman–Crippen MR) is 200 cm³/mol. The van der Waals surface area contributed by atoms with E-state index in [9.17, 15) is 19.8 Å². The monoisotopic (exact) mass is 762 g/mol. The van der Waals surface area contributed by atoms with Crippen LogP contribution in [0.3, 0.4) is 0 Å². The van der Waals surface area contributed by atoms with Crippen molar-refractivity contribution in [2.75, 3.05) is 63.1 Å². The second-order valence-electron chi connectivity index (χ2n) is 11.1. The minimum Gasteiger partial charge on any atom is -0.507 e. The Bertz CT molecular complexity index is 1700. The van der Waals surface area contributed by atoms with Crippen LogP contribution >= 0.6 is 46.4 Å². The molecular formula is C36H38Cl4N4O6. The zero-order chi connectivity index (χ0) is 36.2. The van der Waals surface area contributed by atoms with E-state index in [1.807, 2.05) is 48.5 Å². The summed E-state index contributed by atoms with van der Waals surface area (Å²) in [5.41, 5.74) is 2.58. The average Bonchev–Trinajstić information content (AvgIpc) is 3.10. The summed E-state index contributed by atoms with van der Waals surface area (Å²) in [5, 5.41) is 51.9. The molecule has 1 aliphatic rings. The number of nitrogens with one attached hydrogen (secondary N) is 4. The molecule has 0 radical (unpaired) electrons. The highest BCUT2D eigenvalue weighted by Crippen LogP contribution is 2.42. The Morgan fingerprint density at radius 2 is 1.06 bits per heavy atom. The molecule has 0 aliphatic heterocycles. The smallest absolute Gasteiger partial charge is 0.200 e. The summed E-state index contributed by atoms with van der Waals surface area (Å²) in [7, 11) is 0. The van der Waals surface area contributed by atoms with Crippen molar-refractivity contribution in [3.05, 3.63) is 116 Å². The number of rotatable bonds is 15. The van der Waals surface area contributed by atoms with Gasteiger partial charge in [0.1, 0.15) is 16.3 Å². The Balaban J connectivity index is 0.000000263. The fourth-order valence-corrected chi connectivity index (χ4v) is 6.44. The van der Waals surface area contributed by atoms with Gasteiger partial charge in [0.15, 0.2) is 0 Å². The summed E-state index contributed by atoms with van der Waals surface area (Å²) in [6, 6.07) is 20.7. The van der Waals surface area contributed by atoms with Crippen molar-refractivity contribution in [2.45, 2.75) is 10.8 Å². The third kappa shape index (κ3) is 9.60. The largest absolute Gasteiger partial charge is 0.507 e. The van der Waals surface area contributed by atoms with Crippen molar-refractivity contribution < 1.29 is 30.0 Å². The van der Waals surface area contributed by atoms with Crippen LogP contribution in [0.15, 0.2) is 72.8 Å². The van der Waals surface area contributed by atoms with Crippen LogP contribution in [0.2, 0.25) is 10.0 Å². The minimum absolute atomic E-state index is 0.00939. The number of aromatic hydroxyl groups is 2. The number of fused-ring (bicyclic) bond motifs is 2. The lowest BCUT2D eigenvalue weighted by atomic mass is 9.81.